The Balaban J connectivity index is 0. The summed E-state index contributed by atoms with van der Waals surface area (Å²) in [7, 11) is 0. The number of halogens is 2. The number of hydrogen-bond acceptors (Lipinski definition) is 2. The molecule has 1 rings (SSSR count). The molecule has 1 aromatic carbocycles. The minimum atomic E-state index is -1.05. The molecule has 0 aliphatic heterocycles. The van der Waals surface area contributed by atoms with Crippen molar-refractivity contribution in [1.82, 2.24) is 0 Å². The van der Waals surface area contributed by atoms with Crippen molar-refractivity contribution in [2.45, 2.75) is 0 Å². The molecule has 0 saturated carbocycles. The molecule has 0 aliphatic rings. The van der Waals surface area contributed by atoms with Gasteiger partial charge in [0.1, 0.15) is 5.75 Å². The van der Waals surface area contributed by atoms with Crippen molar-refractivity contribution in [2.75, 3.05) is 6.61 Å². The standard InChI is InChI=1S/C8H6Cl2O3.Na.H2O/c9-5-1-2-7(6(10)3-5)13-4-8(11)12;;/h1-3H,4H2,(H,11,12);;1H2/q;+1;. The van der Waals surface area contributed by atoms with Crippen LogP contribution >= 0.6 is 23.2 Å². The van der Waals surface area contributed by atoms with Gasteiger partial charge in [-0.3, -0.25) is 0 Å². The molecule has 0 heterocycles. The van der Waals surface area contributed by atoms with Gasteiger partial charge in [-0.15, -0.1) is 0 Å². The summed E-state index contributed by atoms with van der Waals surface area (Å²) in [6, 6.07) is 4.58. The van der Waals surface area contributed by atoms with Crippen LogP contribution in [-0.2, 0) is 4.79 Å². The van der Waals surface area contributed by atoms with E-state index in [0.717, 1.165) is 0 Å². The average molecular weight is 262 g/mol. The van der Waals surface area contributed by atoms with Gasteiger partial charge >= 0.3 is 35.5 Å². The number of carbonyl (C=O) groups is 1. The van der Waals surface area contributed by atoms with E-state index in [1.54, 1.807) is 6.07 Å². The van der Waals surface area contributed by atoms with E-state index in [1.165, 1.54) is 12.1 Å². The summed E-state index contributed by atoms with van der Waals surface area (Å²) in [4.78, 5) is 10.2. The van der Waals surface area contributed by atoms with Gasteiger partial charge in [-0.1, -0.05) is 23.2 Å². The van der Waals surface area contributed by atoms with E-state index in [2.05, 4.69) is 0 Å². The van der Waals surface area contributed by atoms with Gasteiger partial charge in [-0.25, -0.2) is 4.79 Å². The Morgan fingerprint density at radius 1 is 1.40 bits per heavy atom. The van der Waals surface area contributed by atoms with Gasteiger partial charge in [0.25, 0.3) is 0 Å². The van der Waals surface area contributed by atoms with E-state index < -0.39 is 12.6 Å². The molecule has 0 radical (unpaired) electrons. The fourth-order valence-electron chi connectivity index (χ4n) is 0.732. The molecular formula is C8H8Cl2NaO4+. The van der Waals surface area contributed by atoms with Crippen LogP contribution in [0.3, 0.4) is 0 Å². The van der Waals surface area contributed by atoms with Crippen molar-refractivity contribution in [2.24, 2.45) is 0 Å². The molecule has 0 amide bonds. The number of carboxylic acids is 1. The smallest absolute Gasteiger partial charge is 0.480 e. The predicted octanol–water partition coefficient (Wildman–Crippen LogP) is -1.36. The first-order valence-corrected chi connectivity index (χ1v) is 4.15. The fraction of sp³-hybridized carbons (Fsp3) is 0.125. The van der Waals surface area contributed by atoms with Crippen LogP contribution in [0.5, 0.6) is 5.75 Å². The maximum atomic E-state index is 10.2. The SMILES string of the molecule is O.O=C(O)COc1ccc(Cl)cc1Cl.[Na+]. The summed E-state index contributed by atoms with van der Waals surface area (Å²) in [6.07, 6.45) is 0. The second-order valence-corrected chi connectivity index (χ2v) is 3.10. The van der Waals surface area contributed by atoms with E-state index in [1.807, 2.05) is 0 Å². The largest absolute Gasteiger partial charge is 1.00 e. The van der Waals surface area contributed by atoms with Crippen molar-refractivity contribution in [3.05, 3.63) is 28.2 Å². The average Bonchev–Trinajstić information content (AvgIpc) is 2.02. The van der Waals surface area contributed by atoms with Crippen LogP contribution in [0.25, 0.3) is 0 Å². The number of benzene rings is 1. The van der Waals surface area contributed by atoms with Gasteiger partial charge in [0.15, 0.2) is 6.61 Å². The number of rotatable bonds is 3. The number of ether oxygens (including phenoxy) is 1. The van der Waals surface area contributed by atoms with E-state index in [0.29, 0.717) is 15.8 Å². The third-order valence-corrected chi connectivity index (χ3v) is 1.78. The molecule has 0 unspecified atom stereocenters. The number of carboxylic acid groups (broad SMARTS) is 1. The van der Waals surface area contributed by atoms with Crippen LogP contribution in [0, 0.1) is 0 Å². The normalized spacial score (nSPS) is 8.40. The first-order chi connectivity index (χ1) is 6.09. The predicted molar refractivity (Wildman–Crippen MR) is 53.2 cm³/mol. The van der Waals surface area contributed by atoms with Crippen LogP contribution in [0.15, 0.2) is 18.2 Å². The Labute approximate surface area is 119 Å². The molecule has 0 aliphatic carbocycles. The van der Waals surface area contributed by atoms with Crippen molar-refractivity contribution in [3.63, 3.8) is 0 Å². The molecule has 3 N–H and O–H groups in total. The zero-order chi connectivity index (χ0) is 9.84. The second kappa shape index (κ2) is 8.21. The van der Waals surface area contributed by atoms with Crippen molar-refractivity contribution in [1.29, 1.82) is 0 Å². The Bertz CT molecular complexity index is 332. The zero-order valence-corrected chi connectivity index (χ0v) is 11.5. The molecule has 0 bridgehead atoms. The van der Waals surface area contributed by atoms with Gasteiger partial charge in [-0.05, 0) is 18.2 Å². The first-order valence-electron chi connectivity index (χ1n) is 3.39. The minimum Gasteiger partial charge on any atom is -0.480 e. The fourth-order valence-corrected chi connectivity index (χ4v) is 1.19. The monoisotopic (exact) mass is 261 g/mol. The van der Waals surface area contributed by atoms with Gasteiger partial charge in [0, 0.05) is 5.02 Å². The summed E-state index contributed by atoms with van der Waals surface area (Å²) in [5.74, 6) is -0.737. The molecule has 0 fully saturated rings. The van der Waals surface area contributed by atoms with Gasteiger partial charge in [0.05, 0.1) is 5.02 Å². The van der Waals surface area contributed by atoms with Crippen molar-refractivity contribution < 1.29 is 49.7 Å². The topological polar surface area (TPSA) is 78.0 Å². The first kappa shape index (κ1) is 17.4. The maximum absolute atomic E-state index is 10.2. The van der Waals surface area contributed by atoms with E-state index in [4.69, 9.17) is 33.0 Å². The molecule has 0 spiro atoms. The Morgan fingerprint density at radius 2 is 2.00 bits per heavy atom. The quantitative estimate of drug-likeness (QED) is 0.683. The third kappa shape index (κ3) is 6.25. The Morgan fingerprint density at radius 3 is 2.47 bits per heavy atom. The second-order valence-electron chi connectivity index (χ2n) is 2.26. The van der Waals surface area contributed by atoms with Gasteiger partial charge in [-0.2, -0.15) is 0 Å². The summed E-state index contributed by atoms with van der Waals surface area (Å²) >= 11 is 11.3. The number of aliphatic carboxylic acids is 1. The molecule has 0 aromatic heterocycles. The van der Waals surface area contributed by atoms with Crippen LogP contribution in [0.2, 0.25) is 10.0 Å². The summed E-state index contributed by atoms with van der Waals surface area (Å²) in [6.45, 7) is -0.415. The molecule has 0 atom stereocenters. The van der Waals surface area contributed by atoms with Crippen LogP contribution in [0.1, 0.15) is 0 Å². The van der Waals surface area contributed by atoms with Crippen LogP contribution in [-0.4, -0.2) is 23.2 Å². The molecule has 15 heavy (non-hydrogen) atoms. The Hall–Kier alpha value is 0.0300. The van der Waals surface area contributed by atoms with E-state index in [9.17, 15) is 4.79 Å². The van der Waals surface area contributed by atoms with Crippen LogP contribution < -0.4 is 34.3 Å². The van der Waals surface area contributed by atoms with Gasteiger partial charge in [0.2, 0.25) is 0 Å². The van der Waals surface area contributed by atoms with Crippen LogP contribution in [0.4, 0.5) is 0 Å². The van der Waals surface area contributed by atoms with Crippen molar-refractivity contribution in [3.8, 4) is 5.75 Å². The molecule has 4 nitrogen and oxygen atoms in total. The molecule has 7 heteroatoms. The molecule has 78 valence electrons. The molecular weight excluding hydrogens is 254 g/mol. The van der Waals surface area contributed by atoms with Crippen molar-refractivity contribution >= 4 is 29.2 Å². The molecule has 0 saturated heterocycles. The Kier molecular flexibility index (Phi) is 9.54. The summed E-state index contributed by atoms with van der Waals surface area (Å²) in [5, 5.41) is 9.11. The van der Waals surface area contributed by atoms with E-state index in [-0.39, 0.29) is 35.0 Å². The zero-order valence-electron chi connectivity index (χ0n) is 7.96. The third-order valence-electron chi connectivity index (χ3n) is 1.25. The number of hydrogen-bond donors (Lipinski definition) is 1. The summed E-state index contributed by atoms with van der Waals surface area (Å²) in [5.41, 5.74) is 0. The minimum absolute atomic E-state index is 0. The van der Waals surface area contributed by atoms with E-state index >= 15 is 0 Å². The summed E-state index contributed by atoms with van der Waals surface area (Å²) < 4.78 is 4.86. The maximum Gasteiger partial charge on any atom is 1.00 e. The molecule has 1 aromatic rings. The van der Waals surface area contributed by atoms with Gasteiger partial charge < -0.3 is 15.3 Å².